The van der Waals surface area contributed by atoms with E-state index in [1.54, 1.807) is 0 Å². The number of hydrogen-bond donors (Lipinski definition) is 0. The Kier molecular flexibility index (Phi) is 2.92. The Morgan fingerprint density at radius 3 is 2.88 bits per heavy atom. The summed E-state index contributed by atoms with van der Waals surface area (Å²) >= 11 is 0. The molecule has 6 nitrogen and oxygen atoms in total. The monoisotopic (exact) mass is 240 g/mol. The van der Waals surface area contributed by atoms with E-state index in [0.29, 0.717) is 17.8 Å². The zero-order valence-electron chi connectivity index (χ0n) is 10.4. The molecule has 1 aliphatic rings. The summed E-state index contributed by atoms with van der Waals surface area (Å²) in [4.78, 5) is 13.6. The van der Waals surface area contributed by atoms with Crippen molar-refractivity contribution < 1.29 is 18.8 Å². The normalized spacial score (nSPS) is 23.9. The molecule has 94 valence electrons. The third-order valence-corrected chi connectivity index (χ3v) is 3.10. The van der Waals surface area contributed by atoms with Gasteiger partial charge in [-0.25, -0.2) is 4.79 Å². The van der Waals surface area contributed by atoms with Gasteiger partial charge in [-0.05, 0) is 20.9 Å². The maximum Gasteiger partial charge on any atom is 0.343 e. The quantitative estimate of drug-likeness (QED) is 0.724. The Bertz CT molecular complexity index is 427. The van der Waals surface area contributed by atoms with Crippen molar-refractivity contribution in [2.45, 2.75) is 25.7 Å². The molecule has 1 fully saturated rings. The van der Waals surface area contributed by atoms with Gasteiger partial charge < -0.3 is 14.0 Å². The first kappa shape index (κ1) is 12.1. The van der Waals surface area contributed by atoms with Crippen LogP contribution in [0, 0.1) is 0 Å². The molecule has 0 aromatic carbocycles. The minimum absolute atomic E-state index is 0.275. The molecule has 2 heterocycles. The van der Waals surface area contributed by atoms with Crippen LogP contribution in [0.1, 0.15) is 36.0 Å². The fraction of sp³-hybridized carbons (Fsp3) is 0.636. The minimum atomic E-state index is -0.461. The van der Waals surface area contributed by atoms with Gasteiger partial charge in [0.25, 0.3) is 0 Å². The van der Waals surface area contributed by atoms with Gasteiger partial charge in [0.05, 0.1) is 7.11 Å². The molecule has 6 heteroatoms. The second kappa shape index (κ2) is 4.12. The molecule has 1 saturated heterocycles. The third-order valence-electron chi connectivity index (χ3n) is 3.10. The molecule has 0 N–H and O–H groups in total. The van der Waals surface area contributed by atoms with Crippen molar-refractivity contribution in [1.82, 2.24) is 10.1 Å². The van der Waals surface area contributed by atoms with Gasteiger partial charge in [0, 0.05) is 6.54 Å². The van der Waals surface area contributed by atoms with Crippen LogP contribution in [0.5, 0.6) is 0 Å². The predicted octanol–water partition coefficient (Wildman–Crippen LogP) is 1.20. The second-order valence-electron chi connectivity index (χ2n) is 4.54. The molecule has 0 bridgehead atoms. The van der Waals surface area contributed by atoms with E-state index in [0.717, 1.165) is 0 Å². The largest absolute Gasteiger partial charge is 0.465 e. The van der Waals surface area contributed by atoms with E-state index in [-0.39, 0.29) is 11.8 Å². The highest BCUT2D eigenvalue weighted by atomic mass is 16.5. The average Bonchev–Trinajstić information content (AvgIpc) is 2.83. The third kappa shape index (κ3) is 2.05. The van der Waals surface area contributed by atoms with Gasteiger partial charge in [0.15, 0.2) is 0 Å². The molecule has 0 radical (unpaired) electrons. The number of nitrogens with zero attached hydrogens (tertiary/aromatic N) is 2. The van der Waals surface area contributed by atoms with Gasteiger partial charge in [0.2, 0.25) is 0 Å². The Morgan fingerprint density at radius 2 is 2.35 bits per heavy atom. The summed E-state index contributed by atoms with van der Waals surface area (Å²) in [6.45, 7) is 4.58. The lowest BCUT2D eigenvalue weighted by Crippen LogP contribution is -2.35. The Morgan fingerprint density at radius 1 is 1.65 bits per heavy atom. The summed E-state index contributed by atoms with van der Waals surface area (Å²) in [6, 6.07) is 0. The van der Waals surface area contributed by atoms with E-state index >= 15 is 0 Å². The summed E-state index contributed by atoms with van der Waals surface area (Å²) in [7, 11) is 3.28. The fourth-order valence-electron chi connectivity index (χ4n) is 1.83. The number of likely N-dealkylation sites (N-methyl/N-ethyl adjacent to an activating group) is 1. The molecule has 0 aliphatic carbocycles. The van der Waals surface area contributed by atoms with Gasteiger partial charge in [-0.1, -0.05) is 5.16 Å². The SMILES string of the molecule is COC(=O)c1conc1C1CN(C)C(C)(C)O1. The van der Waals surface area contributed by atoms with E-state index < -0.39 is 5.97 Å². The van der Waals surface area contributed by atoms with E-state index in [1.807, 2.05) is 25.8 Å². The maximum atomic E-state index is 11.5. The predicted molar refractivity (Wildman–Crippen MR) is 58.4 cm³/mol. The zero-order chi connectivity index (χ0) is 12.6. The zero-order valence-corrected chi connectivity index (χ0v) is 10.4. The molecule has 1 aliphatic heterocycles. The molecule has 1 aromatic heterocycles. The average molecular weight is 240 g/mol. The number of hydrogen-bond acceptors (Lipinski definition) is 6. The fourth-order valence-corrected chi connectivity index (χ4v) is 1.83. The summed E-state index contributed by atoms with van der Waals surface area (Å²) in [5, 5.41) is 3.84. The van der Waals surface area contributed by atoms with Crippen molar-refractivity contribution in [3.05, 3.63) is 17.5 Å². The first-order valence-electron chi connectivity index (χ1n) is 5.37. The van der Waals surface area contributed by atoms with Gasteiger partial charge in [-0.3, -0.25) is 4.90 Å². The first-order valence-corrected chi connectivity index (χ1v) is 5.37. The molecule has 1 atom stereocenters. The summed E-state index contributed by atoms with van der Waals surface area (Å²) in [5.41, 5.74) is 0.440. The van der Waals surface area contributed by atoms with Crippen LogP contribution >= 0.6 is 0 Å². The minimum Gasteiger partial charge on any atom is -0.465 e. The van der Waals surface area contributed by atoms with Gasteiger partial charge in [0.1, 0.15) is 29.3 Å². The molecule has 0 amide bonds. The van der Waals surface area contributed by atoms with Gasteiger partial charge in [-0.15, -0.1) is 0 Å². The van der Waals surface area contributed by atoms with Crippen molar-refractivity contribution in [2.75, 3.05) is 20.7 Å². The van der Waals surface area contributed by atoms with Crippen molar-refractivity contribution in [2.24, 2.45) is 0 Å². The molecule has 0 spiro atoms. The van der Waals surface area contributed by atoms with E-state index in [2.05, 4.69) is 9.89 Å². The van der Waals surface area contributed by atoms with Crippen LogP contribution in [0.15, 0.2) is 10.8 Å². The Labute approximate surface area is 99.5 Å². The molecular weight excluding hydrogens is 224 g/mol. The van der Waals surface area contributed by atoms with Crippen molar-refractivity contribution in [3.8, 4) is 0 Å². The smallest absolute Gasteiger partial charge is 0.343 e. The summed E-state index contributed by atoms with van der Waals surface area (Å²) in [6.07, 6.45) is 1.01. The first-order chi connectivity index (χ1) is 7.95. The molecule has 2 rings (SSSR count). The lowest BCUT2D eigenvalue weighted by Gasteiger charge is -2.25. The van der Waals surface area contributed by atoms with Crippen LogP contribution in [0.3, 0.4) is 0 Å². The van der Waals surface area contributed by atoms with E-state index in [9.17, 15) is 4.79 Å². The van der Waals surface area contributed by atoms with Gasteiger partial charge >= 0.3 is 5.97 Å². The topological polar surface area (TPSA) is 64.8 Å². The molecule has 1 unspecified atom stereocenters. The van der Waals surface area contributed by atoms with E-state index in [1.165, 1.54) is 13.4 Å². The Balaban J connectivity index is 2.25. The summed E-state index contributed by atoms with van der Waals surface area (Å²) < 4.78 is 15.3. The van der Waals surface area contributed by atoms with Gasteiger partial charge in [-0.2, -0.15) is 0 Å². The molecule has 1 aromatic rings. The molecule has 0 saturated carbocycles. The van der Waals surface area contributed by atoms with Crippen LogP contribution in [-0.4, -0.2) is 42.5 Å². The highest BCUT2D eigenvalue weighted by Crippen LogP contribution is 2.35. The van der Waals surface area contributed by atoms with Crippen molar-refractivity contribution >= 4 is 5.97 Å². The van der Waals surface area contributed by atoms with Crippen LogP contribution in [0.4, 0.5) is 0 Å². The number of aromatic nitrogens is 1. The number of carbonyl (C=O) groups is 1. The molecular formula is C11H16N2O4. The number of rotatable bonds is 2. The highest BCUT2D eigenvalue weighted by Gasteiger charge is 2.40. The van der Waals surface area contributed by atoms with Crippen LogP contribution in [0.25, 0.3) is 0 Å². The number of methoxy groups -OCH3 is 1. The Hall–Kier alpha value is -1.40. The molecule has 17 heavy (non-hydrogen) atoms. The lowest BCUT2D eigenvalue weighted by atomic mass is 10.1. The van der Waals surface area contributed by atoms with Crippen LogP contribution in [-0.2, 0) is 9.47 Å². The number of carbonyl (C=O) groups excluding carboxylic acids is 1. The lowest BCUT2D eigenvalue weighted by molar-refractivity contribution is -0.0698. The number of esters is 1. The standard InChI is InChI=1S/C11H16N2O4/c1-11(2)13(3)5-8(17-11)9-7(6-16-12-9)10(14)15-4/h6,8H,5H2,1-4H3. The van der Waals surface area contributed by atoms with Crippen molar-refractivity contribution in [3.63, 3.8) is 0 Å². The summed E-state index contributed by atoms with van der Waals surface area (Å²) in [5.74, 6) is -0.461. The van der Waals surface area contributed by atoms with Crippen molar-refractivity contribution in [1.29, 1.82) is 0 Å². The van der Waals surface area contributed by atoms with Crippen LogP contribution in [0.2, 0.25) is 0 Å². The maximum absolute atomic E-state index is 11.5. The second-order valence-corrected chi connectivity index (χ2v) is 4.54. The van der Waals surface area contributed by atoms with Crippen LogP contribution < -0.4 is 0 Å². The highest BCUT2D eigenvalue weighted by molar-refractivity contribution is 5.90. The number of ether oxygens (including phenoxy) is 2. The van der Waals surface area contributed by atoms with E-state index in [4.69, 9.17) is 9.26 Å².